The van der Waals surface area contributed by atoms with Gasteiger partial charge in [0.1, 0.15) is 11.4 Å². The van der Waals surface area contributed by atoms with Crippen LogP contribution in [-0.4, -0.2) is 22.8 Å². The first kappa shape index (κ1) is 13.3. The highest BCUT2D eigenvalue weighted by atomic mass is 32.1. The molecule has 0 saturated carbocycles. The maximum atomic E-state index is 12.1. The summed E-state index contributed by atoms with van der Waals surface area (Å²) in [5.74, 6) is -0.110. The highest BCUT2D eigenvalue weighted by molar-refractivity contribution is 7.14. The molecule has 1 unspecified atom stereocenters. The third-order valence-corrected chi connectivity index (χ3v) is 4.44. The summed E-state index contributed by atoms with van der Waals surface area (Å²) in [4.78, 5) is 13.9. The van der Waals surface area contributed by atoms with E-state index in [2.05, 4.69) is 20.3 Å². The molecular formula is C13H15N3O3S. The maximum absolute atomic E-state index is 12.1. The smallest absolute Gasteiger partial charge is 0.261 e. The van der Waals surface area contributed by atoms with Gasteiger partial charge in [-0.15, -0.1) is 11.3 Å². The van der Waals surface area contributed by atoms with Crippen LogP contribution in [0.4, 0.5) is 0 Å². The van der Waals surface area contributed by atoms with Crippen molar-refractivity contribution >= 4 is 17.2 Å². The molecule has 2 aromatic heterocycles. The number of hydrogen-bond acceptors (Lipinski definition) is 6. The number of ether oxygens (including phenoxy) is 1. The van der Waals surface area contributed by atoms with E-state index in [-0.39, 0.29) is 12.0 Å². The van der Waals surface area contributed by atoms with Crippen molar-refractivity contribution in [2.24, 2.45) is 0 Å². The second-order valence-electron chi connectivity index (χ2n) is 4.68. The summed E-state index contributed by atoms with van der Waals surface area (Å²) in [7, 11) is 0. The van der Waals surface area contributed by atoms with Crippen LogP contribution < -0.4 is 5.32 Å². The fourth-order valence-corrected chi connectivity index (χ4v) is 3.12. The third-order valence-electron chi connectivity index (χ3n) is 3.26. The van der Waals surface area contributed by atoms with Gasteiger partial charge < -0.3 is 10.1 Å². The standard InChI is InChI=1S/C13H15N3O3S/c1-8-9(16-19-15-8)7-14-13(17)12-5-4-11(20-12)10-3-2-6-18-10/h4-5,10H,2-3,6-7H2,1H3,(H,14,17). The Labute approximate surface area is 120 Å². The molecule has 3 rings (SSSR count). The van der Waals surface area contributed by atoms with Gasteiger partial charge in [0.2, 0.25) is 0 Å². The largest absolute Gasteiger partial charge is 0.373 e. The van der Waals surface area contributed by atoms with Crippen molar-refractivity contribution in [3.8, 4) is 0 Å². The summed E-state index contributed by atoms with van der Waals surface area (Å²) in [6, 6.07) is 3.81. The topological polar surface area (TPSA) is 77.3 Å². The van der Waals surface area contributed by atoms with Crippen molar-refractivity contribution in [3.63, 3.8) is 0 Å². The maximum Gasteiger partial charge on any atom is 0.261 e. The molecule has 106 valence electrons. The molecule has 2 aromatic rings. The average Bonchev–Trinajstić information content (AvgIpc) is 3.17. The van der Waals surface area contributed by atoms with Gasteiger partial charge in [-0.1, -0.05) is 10.3 Å². The number of rotatable bonds is 4. The van der Waals surface area contributed by atoms with Crippen LogP contribution in [0.5, 0.6) is 0 Å². The number of thiophene rings is 1. The monoisotopic (exact) mass is 293 g/mol. The van der Waals surface area contributed by atoms with Crippen LogP contribution in [0.25, 0.3) is 0 Å². The lowest BCUT2D eigenvalue weighted by Crippen LogP contribution is -2.22. The molecule has 3 heterocycles. The van der Waals surface area contributed by atoms with E-state index in [0.717, 1.165) is 24.3 Å². The van der Waals surface area contributed by atoms with Crippen molar-refractivity contribution in [1.82, 2.24) is 15.6 Å². The van der Waals surface area contributed by atoms with E-state index in [0.29, 0.717) is 22.8 Å². The molecule has 0 aliphatic carbocycles. The van der Waals surface area contributed by atoms with Gasteiger partial charge >= 0.3 is 0 Å². The number of nitrogens with one attached hydrogen (secondary N) is 1. The minimum Gasteiger partial charge on any atom is -0.373 e. The Hall–Kier alpha value is -1.73. The quantitative estimate of drug-likeness (QED) is 0.935. The lowest BCUT2D eigenvalue weighted by atomic mass is 10.2. The SMILES string of the molecule is Cc1nonc1CNC(=O)c1ccc(C2CCCO2)s1. The summed E-state index contributed by atoms with van der Waals surface area (Å²) in [5, 5.41) is 10.2. The number of aryl methyl sites for hydroxylation is 1. The van der Waals surface area contributed by atoms with Crippen molar-refractivity contribution < 1.29 is 14.2 Å². The van der Waals surface area contributed by atoms with E-state index in [1.807, 2.05) is 12.1 Å². The van der Waals surface area contributed by atoms with Gasteiger partial charge in [-0.2, -0.15) is 0 Å². The number of amides is 1. The van der Waals surface area contributed by atoms with E-state index in [1.165, 1.54) is 11.3 Å². The normalized spacial score (nSPS) is 18.4. The van der Waals surface area contributed by atoms with Gasteiger partial charge in [-0.3, -0.25) is 4.79 Å². The lowest BCUT2D eigenvalue weighted by Gasteiger charge is -2.05. The van der Waals surface area contributed by atoms with Crippen LogP contribution in [0.1, 0.15) is 44.9 Å². The van der Waals surface area contributed by atoms with Crippen molar-refractivity contribution in [3.05, 3.63) is 33.3 Å². The van der Waals surface area contributed by atoms with Crippen LogP contribution in [0.2, 0.25) is 0 Å². The van der Waals surface area contributed by atoms with Crippen LogP contribution in [-0.2, 0) is 11.3 Å². The van der Waals surface area contributed by atoms with Crippen molar-refractivity contribution in [2.45, 2.75) is 32.4 Å². The predicted molar refractivity (Wildman–Crippen MR) is 72.5 cm³/mol. The number of carbonyl (C=O) groups excluding carboxylic acids is 1. The first-order valence-corrected chi connectivity index (χ1v) is 7.33. The highest BCUT2D eigenvalue weighted by Gasteiger charge is 2.21. The summed E-state index contributed by atoms with van der Waals surface area (Å²) < 4.78 is 10.2. The molecule has 1 atom stereocenters. The second kappa shape index (κ2) is 5.72. The van der Waals surface area contributed by atoms with Gasteiger partial charge in [-0.25, -0.2) is 4.63 Å². The lowest BCUT2D eigenvalue weighted by molar-refractivity contribution is 0.0954. The predicted octanol–water partition coefficient (Wildman–Crippen LogP) is 2.22. The Morgan fingerprint density at radius 2 is 2.40 bits per heavy atom. The highest BCUT2D eigenvalue weighted by Crippen LogP contribution is 2.33. The molecule has 0 bridgehead atoms. The first-order chi connectivity index (χ1) is 9.74. The fourth-order valence-electron chi connectivity index (χ4n) is 2.11. The van der Waals surface area contributed by atoms with E-state index in [4.69, 9.17) is 4.74 Å². The van der Waals surface area contributed by atoms with E-state index in [9.17, 15) is 4.79 Å². The summed E-state index contributed by atoms with van der Waals surface area (Å²) >= 11 is 1.48. The minimum atomic E-state index is -0.110. The molecule has 1 saturated heterocycles. The van der Waals surface area contributed by atoms with Crippen molar-refractivity contribution in [2.75, 3.05) is 6.61 Å². The van der Waals surface area contributed by atoms with E-state index >= 15 is 0 Å². The van der Waals surface area contributed by atoms with E-state index in [1.54, 1.807) is 6.92 Å². The Balaban J connectivity index is 1.61. The number of nitrogens with zero attached hydrogens (tertiary/aromatic N) is 2. The molecule has 1 aliphatic heterocycles. The molecule has 1 amide bonds. The second-order valence-corrected chi connectivity index (χ2v) is 5.80. The van der Waals surface area contributed by atoms with Gasteiger partial charge in [-0.05, 0) is 31.9 Å². The molecule has 0 radical (unpaired) electrons. The van der Waals surface area contributed by atoms with E-state index < -0.39 is 0 Å². The van der Waals surface area contributed by atoms with Gasteiger partial charge in [0, 0.05) is 11.5 Å². The Bertz CT molecular complexity index is 602. The zero-order chi connectivity index (χ0) is 13.9. The Morgan fingerprint density at radius 3 is 3.10 bits per heavy atom. The Kier molecular flexibility index (Phi) is 3.79. The average molecular weight is 293 g/mol. The van der Waals surface area contributed by atoms with Crippen LogP contribution in [0.3, 0.4) is 0 Å². The molecule has 7 heteroatoms. The fraction of sp³-hybridized carbons (Fsp3) is 0.462. The minimum absolute atomic E-state index is 0.110. The number of carbonyl (C=O) groups is 1. The Morgan fingerprint density at radius 1 is 1.50 bits per heavy atom. The molecule has 1 N–H and O–H groups in total. The molecule has 1 aliphatic rings. The van der Waals surface area contributed by atoms with Crippen LogP contribution in [0, 0.1) is 6.92 Å². The van der Waals surface area contributed by atoms with Gasteiger partial charge in [0.05, 0.1) is 17.5 Å². The third kappa shape index (κ3) is 2.73. The molecule has 0 aromatic carbocycles. The zero-order valence-corrected chi connectivity index (χ0v) is 11.9. The molecule has 6 nitrogen and oxygen atoms in total. The molecule has 20 heavy (non-hydrogen) atoms. The summed E-state index contributed by atoms with van der Waals surface area (Å²) in [6.45, 7) is 2.92. The summed E-state index contributed by atoms with van der Waals surface area (Å²) in [5.41, 5.74) is 1.34. The summed E-state index contributed by atoms with van der Waals surface area (Å²) in [6.07, 6.45) is 2.28. The molecule has 0 spiro atoms. The first-order valence-electron chi connectivity index (χ1n) is 6.51. The number of hydrogen-bond donors (Lipinski definition) is 1. The van der Waals surface area contributed by atoms with Crippen LogP contribution >= 0.6 is 11.3 Å². The van der Waals surface area contributed by atoms with Gasteiger partial charge in [0.15, 0.2) is 0 Å². The molecule has 1 fully saturated rings. The zero-order valence-electron chi connectivity index (χ0n) is 11.1. The van der Waals surface area contributed by atoms with Gasteiger partial charge in [0.25, 0.3) is 5.91 Å². The van der Waals surface area contributed by atoms with Crippen LogP contribution in [0.15, 0.2) is 16.8 Å². The number of aromatic nitrogens is 2. The van der Waals surface area contributed by atoms with Crippen molar-refractivity contribution in [1.29, 1.82) is 0 Å². The molecular weight excluding hydrogens is 278 g/mol.